The number of hydrogen-bond acceptors (Lipinski definition) is 3. The van der Waals surface area contributed by atoms with E-state index in [-0.39, 0.29) is 0 Å². The maximum atomic E-state index is 9.49. The van der Waals surface area contributed by atoms with Crippen LogP contribution < -0.4 is 0 Å². The summed E-state index contributed by atoms with van der Waals surface area (Å²) in [6.45, 7) is 2.12. The number of benzene rings is 2. The fourth-order valence-corrected chi connectivity index (χ4v) is 3.23. The Morgan fingerprint density at radius 1 is 1.17 bits per heavy atom. The molecule has 2 aromatic carbocycles. The minimum absolute atomic E-state index is 0.574. The third-order valence-electron chi connectivity index (χ3n) is 3.69. The fourth-order valence-electron chi connectivity index (χ4n) is 2.31. The van der Waals surface area contributed by atoms with Crippen LogP contribution in [0.1, 0.15) is 23.1 Å². The van der Waals surface area contributed by atoms with Gasteiger partial charge < -0.3 is 0 Å². The summed E-state index contributed by atoms with van der Waals surface area (Å²) in [4.78, 5) is 4.60. The number of aryl methyl sites for hydroxylation is 1. The van der Waals surface area contributed by atoms with Crippen molar-refractivity contribution in [3.63, 3.8) is 0 Å². The monoisotopic (exact) mass is 350 g/mol. The zero-order chi connectivity index (χ0) is 16.9. The second-order valence-electron chi connectivity index (χ2n) is 5.31. The van der Waals surface area contributed by atoms with Crippen molar-refractivity contribution in [3.05, 3.63) is 75.1 Å². The van der Waals surface area contributed by atoms with Gasteiger partial charge in [-0.2, -0.15) is 5.26 Å². The number of aromatic nitrogens is 1. The van der Waals surface area contributed by atoms with E-state index in [0.29, 0.717) is 10.6 Å². The molecule has 1 aromatic heterocycles. The van der Waals surface area contributed by atoms with Crippen molar-refractivity contribution >= 4 is 34.6 Å². The Labute approximate surface area is 150 Å². The Morgan fingerprint density at radius 3 is 2.50 bits per heavy atom. The molecule has 0 bridgehead atoms. The summed E-state index contributed by atoms with van der Waals surface area (Å²) in [6, 6.07) is 18.0. The quantitative estimate of drug-likeness (QED) is 0.534. The number of rotatable bonds is 4. The highest BCUT2D eigenvalue weighted by atomic mass is 35.5. The first-order valence-corrected chi connectivity index (χ1v) is 8.88. The Bertz CT molecular complexity index is 900. The lowest BCUT2D eigenvalue weighted by molar-refractivity contribution is 1.14. The van der Waals surface area contributed by atoms with Gasteiger partial charge in [0.15, 0.2) is 0 Å². The van der Waals surface area contributed by atoms with Gasteiger partial charge in [-0.15, -0.1) is 11.3 Å². The predicted octanol–water partition coefficient (Wildman–Crippen LogP) is 6.09. The molecular formula is C20H15ClN2S. The topological polar surface area (TPSA) is 36.7 Å². The molecule has 0 fully saturated rings. The van der Waals surface area contributed by atoms with E-state index < -0.39 is 0 Å². The van der Waals surface area contributed by atoms with Crippen molar-refractivity contribution in [1.82, 2.24) is 4.98 Å². The van der Waals surface area contributed by atoms with Gasteiger partial charge in [-0.25, -0.2) is 4.98 Å². The Balaban J connectivity index is 1.90. The smallest absolute Gasteiger partial charge is 0.134 e. The molecule has 118 valence electrons. The second-order valence-corrected chi connectivity index (χ2v) is 6.60. The van der Waals surface area contributed by atoms with Gasteiger partial charge in [0.05, 0.1) is 11.3 Å². The molecule has 0 saturated heterocycles. The molecule has 3 aromatic rings. The molecule has 0 aliphatic rings. The summed E-state index contributed by atoms with van der Waals surface area (Å²) in [5, 5.41) is 12.9. The molecule has 2 nitrogen and oxygen atoms in total. The van der Waals surface area contributed by atoms with Gasteiger partial charge in [0, 0.05) is 16.0 Å². The van der Waals surface area contributed by atoms with Crippen LogP contribution in [0.4, 0.5) is 0 Å². The molecule has 0 aliphatic heterocycles. The summed E-state index contributed by atoms with van der Waals surface area (Å²) in [6.07, 6.45) is 2.88. The number of nitriles is 1. The lowest BCUT2D eigenvalue weighted by Gasteiger charge is -1.99. The molecule has 0 N–H and O–H groups in total. The second kappa shape index (κ2) is 7.44. The van der Waals surface area contributed by atoms with Gasteiger partial charge in [0.2, 0.25) is 0 Å². The molecule has 0 spiro atoms. The van der Waals surface area contributed by atoms with Crippen molar-refractivity contribution in [2.24, 2.45) is 0 Å². The van der Waals surface area contributed by atoms with Gasteiger partial charge >= 0.3 is 0 Å². The molecule has 0 unspecified atom stereocenters. The van der Waals surface area contributed by atoms with E-state index in [1.807, 2.05) is 47.9 Å². The van der Waals surface area contributed by atoms with Crippen LogP contribution in [0.25, 0.3) is 22.9 Å². The largest absolute Gasteiger partial charge is 0.235 e. The minimum Gasteiger partial charge on any atom is -0.235 e. The van der Waals surface area contributed by atoms with Crippen molar-refractivity contribution in [1.29, 1.82) is 5.26 Å². The van der Waals surface area contributed by atoms with E-state index in [4.69, 9.17) is 11.6 Å². The average molecular weight is 351 g/mol. The molecule has 0 saturated carbocycles. The predicted molar refractivity (Wildman–Crippen MR) is 102 cm³/mol. The first kappa shape index (κ1) is 16.4. The van der Waals surface area contributed by atoms with Crippen LogP contribution in [0.15, 0.2) is 53.9 Å². The van der Waals surface area contributed by atoms with Gasteiger partial charge in [-0.1, -0.05) is 54.9 Å². The number of hydrogen-bond donors (Lipinski definition) is 0. The molecule has 24 heavy (non-hydrogen) atoms. The van der Waals surface area contributed by atoms with Crippen LogP contribution in [0, 0.1) is 11.3 Å². The molecule has 0 atom stereocenters. The molecule has 3 rings (SSSR count). The molecular weight excluding hydrogens is 336 g/mol. The van der Waals surface area contributed by atoms with Crippen molar-refractivity contribution in [2.75, 3.05) is 0 Å². The van der Waals surface area contributed by atoms with Crippen molar-refractivity contribution in [2.45, 2.75) is 13.3 Å². The van der Waals surface area contributed by atoms with Crippen LogP contribution in [0.2, 0.25) is 5.02 Å². The number of allylic oxidation sites excluding steroid dienone is 1. The standard InChI is InChI=1S/C20H15ClN2S/c1-2-14-3-5-15(6-4-14)11-17(12-22)20-23-19(13-24-20)16-7-9-18(21)10-8-16/h3-11,13H,2H2,1H3/b17-11-. The minimum atomic E-state index is 0.574. The zero-order valence-electron chi connectivity index (χ0n) is 13.2. The molecule has 0 amide bonds. The van der Waals surface area contributed by atoms with E-state index in [9.17, 15) is 5.26 Å². The Kier molecular flexibility index (Phi) is 5.10. The Morgan fingerprint density at radius 2 is 1.88 bits per heavy atom. The maximum absolute atomic E-state index is 9.49. The van der Waals surface area contributed by atoms with E-state index in [2.05, 4.69) is 30.1 Å². The summed E-state index contributed by atoms with van der Waals surface area (Å²) in [7, 11) is 0. The summed E-state index contributed by atoms with van der Waals surface area (Å²) in [5.74, 6) is 0. The van der Waals surface area contributed by atoms with Crippen molar-refractivity contribution < 1.29 is 0 Å². The third kappa shape index (κ3) is 3.73. The summed E-state index contributed by atoms with van der Waals surface area (Å²) >= 11 is 7.39. The normalized spacial score (nSPS) is 11.3. The molecule has 0 radical (unpaired) electrons. The molecule has 0 aliphatic carbocycles. The van der Waals surface area contributed by atoms with Gasteiger partial charge in [0.25, 0.3) is 0 Å². The first-order chi connectivity index (χ1) is 11.7. The SMILES string of the molecule is CCc1ccc(/C=C(/C#N)c2nc(-c3ccc(Cl)cc3)cs2)cc1. The van der Waals surface area contributed by atoms with Crippen molar-refractivity contribution in [3.8, 4) is 17.3 Å². The van der Waals surface area contributed by atoms with E-state index >= 15 is 0 Å². The highest BCUT2D eigenvalue weighted by Gasteiger charge is 2.09. The average Bonchev–Trinajstić information content (AvgIpc) is 3.10. The molecule has 4 heteroatoms. The highest BCUT2D eigenvalue weighted by Crippen LogP contribution is 2.28. The van der Waals surface area contributed by atoms with Gasteiger partial charge in [0.1, 0.15) is 11.1 Å². The summed E-state index contributed by atoms with van der Waals surface area (Å²) in [5.41, 5.74) is 4.71. The van der Waals surface area contributed by atoms with Crippen LogP contribution in [-0.2, 0) is 6.42 Å². The van der Waals surface area contributed by atoms with E-state index in [1.54, 1.807) is 0 Å². The molecule has 1 heterocycles. The number of halogens is 1. The lowest BCUT2D eigenvalue weighted by Crippen LogP contribution is -1.84. The maximum Gasteiger partial charge on any atom is 0.134 e. The van der Waals surface area contributed by atoms with E-state index in [1.165, 1.54) is 16.9 Å². The summed E-state index contributed by atoms with van der Waals surface area (Å²) < 4.78 is 0. The van der Waals surface area contributed by atoms with Crippen LogP contribution in [-0.4, -0.2) is 4.98 Å². The lowest BCUT2D eigenvalue weighted by atomic mass is 10.1. The zero-order valence-corrected chi connectivity index (χ0v) is 14.7. The highest BCUT2D eigenvalue weighted by molar-refractivity contribution is 7.11. The van der Waals surface area contributed by atoms with Gasteiger partial charge in [-0.05, 0) is 35.8 Å². The Hall–Kier alpha value is -2.41. The third-order valence-corrected chi connectivity index (χ3v) is 4.82. The number of thiazole rings is 1. The van der Waals surface area contributed by atoms with Gasteiger partial charge in [-0.3, -0.25) is 0 Å². The number of nitrogens with zero attached hydrogens (tertiary/aromatic N) is 2. The van der Waals surface area contributed by atoms with Crippen LogP contribution in [0.3, 0.4) is 0 Å². The van der Waals surface area contributed by atoms with E-state index in [0.717, 1.165) is 28.2 Å². The van der Waals surface area contributed by atoms with Crippen LogP contribution >= 0.6 is 22.9 Å². The fraction of sp³-hybridized carbons (Fsp3) is 0.100. The first-order valence-electron chi connectivity index (χ1n) is 7.62. The van der Waals surface area contributed by atoms with Crippen LogP contribution in [0.5, 0.6) is 0 Å².